The average molecular weight is 286 g/mol. The molecule has 0 fully saturated rings. The van der Waals surface area contributed by atoms with Crippen LogP contribution in [-0.4, -0.2) is 34.9 Å². The van der Waals surface area contributed by atoms with E-state index in [-0.39, 0.29) is 18.0 Å². The van der Waals surface area contributed by atoms with E-state index >= 15 is 0 Å². The molecule has 1 aromatic heterocycles. The van der Waals surface area contributed by atoms with Crippen molar-refractivity contribution in [1.29, 1.82) is 0 Å². The van der Waals surface area contributed by atoms with Crippen molar-refractivity contribution in [3.8, 4) is 0 Å². The topological polar surface area (TPSA) is 46.3 Å². The van der Waals surface area contributed by atoms with Gasteiger partial charge in [0.25, 0.3) is 0 Å². The van der Waals surface area contributed by atoms with Crippen molar-refractivity contribution in [1.82, 2.24) is 4.90 Å². The van der Waals surface area contributed by atoms with Gasteiger partial charge >= 0.3 is 0 Å². The van der Waals surface area contributed by atoms with Crippen LogP contribution in [0.1, 0.15) is 25.1 Å². The average Bonchev–Trinajstić information content (AvgIpc) is 2.84. The molecular formula is C13H22N2OS2. The van der Waals surface area contributed by atoms with Crippen molar-refractivity contribution in [2.75, 3.05) is 12.0 Å². The zero-order valence-corrected chi connectivity index (χ0v) is 12.9. The fourth-order valence-corrected chi connectivity index (χ4v) is 2.86. The first-order chi connectivity index (χ1) is 8.56. The van der Waals surface area contributed by atoms with Gasteiger partial charge in [-0.15, -0.1) is 11.3 Å². The van der Waals surface area contributed by atoms with E-state index in [9.17, 15) is 4.79 Å². The maximum absolute atomic E-state index is 12.3. The molecule has 5 heteroatoms. The summed E-state index contributed by atoms with van der Waals surface area (Å²) in [6.45, 7) is 4.74. The lowest BCUT2D eigenvalue weighted by Gasteiger charge is -2.29. The van der Waals surface area contributed by atoms with Crippen LogP contribution in [0.2, 0.25) is 0 Å². The second kappa shape index (κ2) is 7.81. The number of rotatable bonds is 7. The first-order valence-corrected chi connectivity index (χ1v) is 8.41. The third-order valence-corrected chi connectivity index (χ3v) is 4.27. The molecule has 0 radical (unpaired) electrons. The van der Waals surface area contributed by atoms with Crippen molar-refractivity contribution in [2.24, 2.45) is 5.73 Å². The van der Waals surface area contributed by atoms with Crippen LogP contribution in [-0.2, 0) is 11.3 Å². The van der Waals surface area contributed by atoms with Gasteiger partial charge in [-0.05, 0) is 43.7 Å². The Hall–Kier alpha value is -0.520. The van der Waals surface area contributed by atoms with Gasteiger partial charge in [0.15, 0.2) is 0 Å². The summed E-state index contributed by atoms with van der Waals surface area (Å²) >= 11 is 3.40. The minimum atomic E-state index is -0.375. The first-order valence-electron chi connectivity index (χ1n) is 6.13. The summed E-state index contributed by atoms with van der Waals surface area (Å²) < 4.78 is 0. The fourth-order valence-electron chi connectivity index (χ4n) is 1.67. The van der Waals surface area contributed by atoms with Crippen LogP contribution < -0.4 is 5.73 Å². The van der Waals surface area contributed by atoms with E-state index in [1.165, 1.54) is 4.88 Å². The molecule has 0 aliphatic rings. The Morgan fingerprint density at radius 2 is 2.28 bits per heavy atom. The lowest BCUT2D eigenvalue weighted by Crippen LogP contribution is -2.46. The third-order valence-electron chi connectivity index (χ3n) is 2.76. The molecule has 0 aliphatic carbocycles. The summed E-state index contributed by atoms with van der Waals surface area (Å²) in [5.74, 6) is 0.991. The van der Waals surface area contributed by atoms with Crippen molar-refractivity contribution in [3.05, 3.63) is 22.4 Å². The van der Waals surface area contributed by atoms with E-state index in [1.807, 2.05) is 36.4 Å². The van der Waals surface area contributed by atoms with E-state index in [2.05, 4.69) is 6.07 Å². The smallest absolute Gasteiger partial charge is 0.240 e. The van der Waals surface area contributed by atoms with Gasteiger partial charge in [-0.25, -0.2) is 0 Å². The Labute approximate surface area is 118 Å². The van der Waals surface area contributed by atoms with Crippen molar-refractivity contribution >= 4 is 29.0 Å². The zero-order valence-electron chi connectivity index (χ0n) is 11.3. The molecule has 1 amide bonds. The first kappa shape index (κ1) is 15.5. The summed E-state index contributed by atoms with van der Waals surface area (Å²) in [5.41, 5.74) is 5.97. The second-order valence-electron chi connectivity index (χ2n) is 4.53. The lowest BCUT2D eigenvalue weighted by atomic mass is 10.2. The summed E-state index contributed by atoms with van der Waals surface area (Å²) in [4.78, 5) is 15.4. The molecule has 18 heavy (non-hydrogen) atoms. The normalized spacial score (nSPS) is 12.7. The van der Waals surface area contributed by atoms with Crippen molar-refractivity contribution < 1.29 is 4.79 Å². The Balaban J connectivity index is 2.63. The van der Waals surface area contributed by atoms with Crippen LogP contribution in [0.25, 0.3) is 0 Å². The van der Waals surface area contributed by atoms with E-state index in [0.717, 1.165) is 12.2 Å². The number of nitrogens with two attached hydrogens (primary N) is 1. The van der Waals surface area contributed by atoms with Gasteiger partial charge in [0.05, 0.1) is 12.6 Å². The molecule has 1 aromatic rings. The van der Waals surface area contributed by atoms with E-state index < -0.39 is 0 Å². The molecule has 0 aromatic carbocycles. The molecule has 0 saturated carbocycles. The molecule has 0 unspecified atom stereocenters. The number of nitrogens with zero attached hydrogens (tertiary/aromatic N) is 1. The van der Waals surface area contributed by atoms with Gasteiger partial charge in [0.2, 0.25) is 5.91 Å². The largest absolute Gasteiger partial charge is 0.334 e. The number of hydrogen-bond acceptors (Lipinski definition) is 4. The summed E-state index contributed by atoms with van der Waals surface area (Å²) in [6.07, 6.45) is 2.77. The second-order valence-corrected chi connectivity index (χ2v) is 6.55. The number of thioether (sulfide) groups is 1. The van der Waals surface area contributed by atoms with E-state index in [4.69, 9.17) is 5.73 Å². The fraction of sp³-hybridized carbons (Fsp3) is 0.615. The van der Waals surface area contributed by atoms with Gasteiger partial charge in [-0.1, -0.05) is 6.07 Å². The summed E-state index contributed by atoms with van der Waals surface area (Å²) in [6, 6.07) is 3.87. The SMILES string of the molecule is CSCC[C@H](N)C(=O)N(Cc1cccs1)C(C)C. The minimum Gasteiger partial charge on any atom is -0.334 e. The number of carbonyl (C=O) groups excluding carboxylic acids is 1. The van der Waals surface area contributed by atoms with Crippen LogP contribution in [0.5, 0.6) is 0 Å². The highest BCUT2D eigenvalue weighted by atomic mass is 32.2. The Kier molecular flexibility index (Phi) is 6.75. The number of amides is 1. The number of carbonyl (C=O) groups is 1. The molecule has 102 valence electrons. The van der Waals surface area contributed by atoms with Gasteiger partial charge in [0.1, 0.15) is 0 Å². The third kappa shape index (κ3) is 4.63. The molecule has 1 heterocycles. The number of hydrogen-bond donors (Lipinski definition) is 1. The standard InChI is InChI=1S/C13H22N2OS2/c1-10(2)15(9-11-5-4-7-18-11)13(16)12(14)6-8-17-3/h4-5,7,10,12H,6,8-9,14H2,1-3H3/t12-/m0/s1. The quantitative estimate of drug-likeness (QED) is 0.838. The highest BCUT2D eigenvalue weighted by Gasteiger charge is 2.23. The summed E-state index contributed by atoms with van der Waals surface area (Å²) in [5, 5.41) is 2.03. The van der Waals surface area contributed by atoms with Crippen molar-refractivity contribution in [3.63, 3.8) is 0 Å². The Bertz CT molecular complexity index is 352. The maximum Gasteiger partial charge on any atom is 0.240 e. The van der Waals surface area contributed by atoms with Crippen LogP contribution in [0.15, 0.2) is 17.5 Å². The monoisotopic (exact) mass is 286 g/mol. The van der Waals surface area contributed by atoms with Gasteiger partial charge in [-0.2, -0.15) is 11.8 Å². The van der Waals surface area contributed by atoms with Crippen LogP contribution >= 0.6 is 23.1 Å². The van der Waals surface area contributed by atoms with Crippen LogP contribution in [0.4, 0.5) is 0 Å². The highest BCUT2D eigenvalue weighted by molar-refractivity contribution is 7.98. The Morgan fingerprint density at radius 1 is 1.56 bits per heavy atom. The van der Waals surface area contributed by atoms with E-state index in [0.29, 0.717) is 6.54 Å². The summed E-state index contributed by atoms with van der Waals surface area (Å²) in [7, 11) is 0. The van der Waals surface area contributed by atoms with Gasteiger partial charge < -0.3 is 10.6 Å². The zero-order chi connectivity index (χ0) is 13.5. The molecule has 0 spiro atoms. The van der Waals surface area contributed by atoms with Crippen LogP contribution in [0.3, 0.4) is 0 Å². The Morgan fingerprint density at radius 3 is 2.78 bits per heavy atom. The van der Waals surface area contributed by atoms with Crippen LogP contribution in [0, 0.1) is 0 Å². The minimum absolute atomic E-state index is 0.0625. The lowest BCUT2D eigenvalue weighted by molar-refractivity contribution is -0.135. The molecular weight excluding hydrogens is 264 g/mol. The predicted octanol–water partition coefficient (Wildman–Crippen LogP) is 2.57. The molecule has 1 rings (SSSR count). The predicted molar refractivity (Wildman–Crippen MR) is 81.0 cm³/mol. The molecule has 0 saturated heterocycles. The van der Waals surface area contributed by atoms with Gasteiger partial charge in [-0.3, -0.25) is 4.79 Å². The van der Waals surface area contributed by atoms with Crippen molar-refractivity contribution in [2.45, 2.75) is 38.9 Å². The molecule has 1 atom stereocenters. The molecule has 3 nitrogen and oxygen atoms in total. The molecule has 0 bridgehead atoms. The number of thiophene rings is 1. The highest BCUT2D eigenvalue weighted by Crippen LogP contribution is 2.15. The molecule has 2 N–H and O–H groups in total. The molecule has 0 aliphatic heterocycles. The maximum atomic E-state index is 12.3. The van der Waals surface area contributed by atoms with Gasteiger partial charge in [0, 0.05) is 10.9 Å². The van der Waals surface area contributed by atoms with E-state index in [1.54, 1.807) is 23.1 Å².